The zero-order valence-electron chi connectivity index (χ0n) is 13.0. The minimum atomic E-state index is -0.487. The normalized spacial score (nSPS) is 10.9. The van der Waals surface area contributed by atoms with Crippen molar-refractivity contribution in [2.75, 3.05) is 13.8 Å². The summed E-state index contributed by atoms with van der Waals surface area (Å²) < 4.78 is 19.7. The fourth-order valence-corrected chi connectivity index (χ4v) is 2.79. The van der Waals surface area contributed by atoms with Crippen LogP contribution in [-0.2, 0) is 11.2 Å². The molecule has 0 N–H and O–H groups in total. The molecule has 0 fully saturated rings. The van der Waals surface area contributed by atoms with Crippen molar-refractivity contribution in [1.29, 1.82) is 0 Å². The summed E-state index contributed by atoms with van der Waals surface area (Å²) in [6.07, 6.45) is 0.219. The lowest BCUT2D eigenvalue weighted by Crippen LogP contribution is -2.09. The number of alkyl halides is 1. The minimum absolute atomic E-state index is 0.219. The number of rotatable bonds is 4. The van der Waals surface area contributed by atoms with E-state index in [4.69, 9.17) is 4.74 Å². The van der Waals surface area contributed by atoms with Crippen molar-refractivity contribution in [3.05, 3.63) is 59.4 Å². The average molecular weight is 312 g/mol. The van der Waals surface area contributed by atoms with Gasteiger partial charge in [-0.25, -0.2) is 9.78 Å². The van der Waals surface area contributed by atoms with Crippen molar-refractivity contribution in [2.24, 2.45) is 0 Å². The second-order valence-electron chi connectivity index (χ2n) is 5.23. The van der Waals surface area contributed by atoms with E-state index in [2.05, 4.69) is 4.98 Å². The second kappa shape index (κ2) is 6.20. The lowest BCUT2D eigenvalue weighted by Gasteiger charge is -2.14. The quantitative estimate of drug-likeness (QED) is 0.691. The van der Waals surface area contributed by atoms with Gasteiger partial charge in [0.25, 0.3) is 0 Å². The molecule has 0 saturated carbocycles. The van der Waals surface area contributed by atoms with Gasteiger partial charge in [0.2, 0.25) is 0 Å². The van der Waals surface area contributed by atoms with Crippen LogP contribution in [0.25, 0.3) is 16.7 Å². The van der Waals surface area contributed by atoms with Crippen LogP contribution in [0.15, 0.2) is 42.5 Å². The Hall–Kier alpha value is -2.69. The topological polar surface area (TPSA) is 44.1 Å². The molecule has 0 bridgehead atoms. The predicted octanol–water partition coefficient (Wildman–Crippen LogP) is 3.63. The molecule has 0 unspecified atom stereocenters. The maximum absolute atomic E-state index is 12.9. The Balaban J connectivity index is 2.28. The highest BCUT2D eigenvalue weighted by atomic mass is 19.1. The lowest BCUT2D eigenvalue weighted by molar-refractivity contribution is 0.0600. The number of aromatic nitrogens is 2. The van der Waals surface area contributed by atoms with Gasteiger partial charge in [0.15, 0.2) is 0 Å². The van der Waals surface area contributed by atoms with Crippen LogP contribution in [0.5, 0.6) is 0 Å². The van der Waals surface area contributed by atoms with Crippen LogP contribution in [0, 0.1) is 6.92 Å². The van der Waals surface area contributed by atoms with Crippen LogP contribution in [-0.4, -0.2) is 29.3 Å². The number of carbonyl (C=O) groups is 1. The number of halogens is 1. The van der Waals surface area contributed by atoms with Gasteiger partial charge in [0.1, 0.15) is 5.82 Å². The minimum Gasteiger partial charge on any atom is -0.465 e. The number of para-hydroxylation sites is 2. The number of methoxy groups -OCH3 is 1. The van der Waals surface area contributed by atoms with Crippen LogP contribution in [0.2, 0.25) is 0 Å². The maximum atomic E-state index is 12.9. The highest BCUT2D eigenvalue weighted by Gasteiger charge is 2.17. The Bertz CT molecular complexity index is 871. The molecule has 0 saturated heterocycles. The molecule has 4 nitrogen and oxygen atoms in total. The van der Waals surface area contributed by atoms with Crippen molar-refractivity contribution in [2.45, 2.75) is 13.3 Å². The molecule has 2 aromatic carbocycles. The number of aryl methyl sites for hydroxylation is 1. The SMILES string of the molecule is COC(=O)c1cccc(-n2c(CCF)nc3ccccc32)c1C. The summed E-state index contributed by atoms with van der Waals surface area (Å²) in [5, 5.41) is 0. The molecule has 1 aromatic heterocycles. The Morgan fingerprint density at radius 2 is 2.00 bits per heavy atom. The third-order valence-electron chi connectivity index (χ3n) is 3.90. The number of carbonyl (C=O) groups excluding carboxylic acids is 1. The Kier molecular flexibility index (Phi) is 4.10. The van der Waals surface area contributed by atoms with Crippen LogP contribution < -0.4 is 0 Å². The summed E-state index contributed by atoms with van der Waals surface area (Å²) in [6.45, 7) is 1.37. The highest BCUT2D eigenvalue weighted by molar-refractivity contribution is 5.92. The molecule has 0 atom stereocenters. The van der Waals surface area contributed by atoms with Crippen LogP contribution in [0.1, 0.15) is 21.7 Å². The molecule has 3 rings (SSSR count). The number of benzene rings is 2. The van der Waals surface area contributed by atoms with E-state index in [0.29, 0.717) is 11.4 Å². The zero-order chi connectivity index (χ0) is 16.4. The fourth-order valence-electron chi connectivity index (χ4n) is 2.79. The van der Waals surface area contributed by atoms with Crippen molar-refractivity contribution >= 4 is 17.0 Å². The van der Waals surface area contributed by atoms with Gasteiger partial charge < -0.3 is 4.74 Å². The molecule has 5 heteroatoms. The van der Waals surface area contributed by atoms with E-state index in [1.165, 1.54) is 7.11 Å². The summed E-state index contributed by atoms with van der Waals surface area (Å²) in [4.78, 5) is 16.4. The number of esters is 1. The Labute approximate surface area is 133 Å². The summed E-state index contributed by atoms with van der Waals surface area (Å²) in [5.41, 5.74) is 3.78. The molecular formula is C18H17FN2O2. The van der Waals surface area contributed by atoms with Gasteiger partial charge >= 0.3 is 5.97 Å². The first kappa shape index (κ1) is 15.2. The van der Waals surface area contributed by atoms with Gasteiger partial charge in [0, 0.05) is 6.42 Å². The molecule has 0 amide bonds. The third kappa shape index (κ3) is 2.59. The first-order chi connectivity index (χ1) is 11.2. The van der Waals surface area contributed by atoms with E-state index in [1.807, 2.05) is 41.8 Å². The zero-order valence-corrected chi connectivity index (χ0v) is 13.0. The molecule has 1 heterocycles. The van der Waals surface area contributed by atoms with Crippen molar-refractivity contribution < 1.29 is 13.9 Å². The number of fused-ring (bicyclic) bond motifs is 1. The van der Waals surface area contributed by atoms with E-state index in [0.717, 1.165) is 22.3 Å². The number of hydrogen-bond donors (Lipinski definition) is 0. The summed E-state index contributed by atoms with van der Waals surface area (Å²) in [5.74, 6) is 0.250. The summed E-state index contributed by atoms with van der Waals surface area (Å²) >= 11 is 0. The average Bonchev–Trinajstić information content (AvgIpc) is 2.93. The number of hydrogen-bond acceptors (Lipinski definition) is 3. The van der Waals surface area contributed by atoms with Gasteiger partial charge in [-0.15, -0.1) is 0 Å². The van der Waals surface area contributed by atoms with Crippen molar-refractivity contribution in [1.82, 2.24) is 9.55 Å². The Morgan fingerprint density at radius 3 is 2.74 bits per heavy atom. The summed E-state index contributed by atoms with van der Waals surface area (Å²) in [6, 6.07) is 13.1. The van der Waals surface area contributed by atoms with E-state index in [9.17, 15) is 9.18 Å². The molecule has 23 heavy (non-hydrogen) atoms. The van der Waals surface area contributed by atoms with E-state index in [1.54, 1.807) is 12.1 Å². The maximum Gasteiger partial charge on any atom is 0.338 e. The highest BCUT2D eigenvalue weighted by Crippen LogP contribution is 2.26. The van der Waals surface area contributed by atoms with Gasteiger partial charge in [-0.2, -0.15) is 0 Å². The second-order valence-corrected chi connectivity index (χ2v) is 5.23. The molecule has 0 radical (unpaired) electrons. The van der Waals surface area contributed by atoms with Gasteiger partial charge in [-0.05, 0) is 36.8 Å². The molecule has 118 valence electrons. The molecular weight excluding hydrogens is 295 g/mol. The van der Waals surface area contributed by atoms with Crippen LogP contribution >= 0.6 is 0 Å². The van der Waals surface area contributed by atoms with Crippen molar-refractivity contribution in [3.8, 4) is 5.69 Å². The molecule has 0 aliphatic carbocycles. The fraction of sp³-hybridized carbons (Fsp3) is 0.222. The smallest absolute Gasteiger partial charge is 0.338 e. The molecule has 0 aliphatic rings. The largest absolute Gasteiger partial charge is 0.465 e. The molecule has 0 spiro atoms. The molecule has 0 aliphatic heterocycles. The standard InChI is InChI=1S/C18H17FN2O2/c1-12-13(18(22)23-2)6-5-9-15(12)21-16-8-4-3-7-14(16)20-17(21)10-11-19/h3-9H,10-11H2,1-2H3. The predicted molar refractivity (Wildman–Crippen MR) is 86.8 cm³/mol. The monoisotopic (exact) mass is 312 g/mol. The first-order valence-corrected chi connectivity index (χ1v) is 7.38. The van der Waals surface area contributed by atoms with E-state index in [-0.39, 0.29) is 12.4 Å². The Morgan fingerprint density at radius 1 is 1.22 bits per heavy atom. The van der Waals surface area contributed by atoms with Gasteiger partial charge in [0.05, 0.1) is 36.1 Å². The van der Waals surface area contributed by atoms with Crippen LogP contribution in [0.4, 0.5) is 4.39 Å². The van der Waals surface area contributed by atoms with Crippen LogP contribution in [0.3, 0.4) is 0 Å². The lowest BCUT2D eigenvalue weighted by atomic mass is 10.1. The summed E-state index contributed by atoms with van der Waals surface area (Å²) in [7, 11) is 1.36. The number of nitrogens with zero attached hydrogens (tertiary/aromatic N) is 2. The van der Waals surface area contributed by atoms with Crippen molar-refractivity contribution in [3.63, 3.8) is 0 Å². The first-order valence-electron chi connectivity index (χ1n) is 7.38. The third-order valence-corrected chi connectivity index (χ3v) is 3.90. The number of ether oxygens (including phenoxy) is 1. The molecule has 3 aromatic rings. The van der Waals surface area contributed by atoms with E-state index >= 15 is 0 Å². The number of imidazole rings is 1. The van der Waals surface area contributed by atoms with Gasteiger partial charge in [-0.3, -0.25) is 8.96 Å². The van der Waals surface area contributed by atoms with Gasteiger partial charge in [-0.1, -0.05) is 18.2 Å². The van der Waals surface area contributed by atoms with E-state index < -0.39 is 6.67 Å².